The van der Waals surface area contributed by atoms with Crippen LogP contribution < -0.4 is 4.90 Å². The highest BCUT2D eigenvalue weighted by Crippen LogP contribution is 2.31. The summed E-state index contributed by atoms with van der Waals surface area (Å²) >= 11 is 5.21. The third-order valence-electron chi connectivity index (χ3n) is 3.54. The van der Waals surface area contributed by atoms with E-state index in [1.807, 2.05) is 24.0 Å². The minimum atomic E-state index is 0.248. The summed E-state index contributed by atoms with van der Waals surface area (Å²) in [6, 6.07) is 6.16. The minimum Gasteiger partial charge on any atom is -0.345 e. The van der Waals surface area contributed by atoms with E-state index in [-0.39, 0.29) is 5.91 Å². The maximum atomic E-state index is 11.7. The smallest absolute Gasteiger partial charge is 0.222 e. The largest absolute Gasteiger partial charge is 0.345 e. The summed E-state index contributed by atoms with van der Waals surface area (Å²) in [4.78, 5) is 20.6. The molecule has 2 heterocycles. The predicted octanol–water partition coefficient (Wildman–Crippen LogP) is 3.12. The Labute approximate surface area is 130 Å². The molecule has 0 spiro atoms. The minimum absolute atomic E-state index is 0.248. The van der Waals surface area contributed by atoms with Gasteiger partial charge in [-0.05, 0) is 18.2 Å². The first-order chi connectivity index (χ1) is 9.67. The molecule has 6 heteroatoms. The first-order valence-electron chi connectivity index (χ1n) is 6.76. The second-order valence-corrected chi connectivity index (χ2v) is 6.75. The quantitative estimate of drug-likeness (QED) is 0.832. The Morgan fingerprint density at radius 3 is 2.80 bits per heavy atom. The van der Waals surface area contributed by atoms with Gasteiger partial charge in [0.25, 0.3) is 0 Å². The first kappa shape index (κ1) is 13.8. The van der Waals surface area contributed by atoms with Crippen molar-refractivity contribution >= 4 is 48.5 Å². The van der Waals surface area contributed by atoms with Gasteiger partial charge in [0, 0.05) is 37.1 Å². The summed E-state index contributed by atoms with van der Waals surface area (Å²) in [5.41, 5.74) is 1.04. The van der Waals surface area contributed by atoms with E-state index in [4.69, 9.17) is 0 Å². The molecule has 106 valence electrons. The van der Waals surface area contributed by atoms with E-state index in [1.54, 1.807) is 11.3 Å². The van der Waals surface area contributed by atoms with Crippen LogP contribution in [-0.4, -0.2) is 42.0 Å². The van der Waals surface area contributed by atoms with Crippen molar-refractivity contribution in [3.05, 3.63) is 22.7 Å². The third-order valence-corrected chi connectivity index (χ3v) is 5.12. The average Bonchev–Trinajstić information content (AvgIpc) is 2.89. The Hall–Kier alpha value is -1.14. The number of piperazine rings is 1. The zero-order valence-electron chi connectivity index (χ0n) is 11.3. The van der Waals surface area contributed by atoms with Crippen LogP contribution in [0.2, 0.25) is 0 Å². The second-order valence-electron chi connectivity index (χ2n) is 4.83. The van der Waals surface area contributed by atoms with Crippen LogP contribution in [0.1, 0.15) is 13.3 Å². The molecule has 1 aromatic carbocycles. The van der Waals surface area contributed by atoms with Crippen molar-refractivity contribution < 1.29 is 4.79 Å². The van der Waals surface area contributed by atoms with Crippen molar-refractivity contribution in [2.45, 2.75) is 13.3 Å². The Morgan fingerprint density at radius 1 is 1.35 bits per heavy atom. The standard InChI is InChI=1S/C14H16BrN3OS/c1-2-13(19)17-5-7-18(8-6-17)14-16-11-4-3-10(15)9-12(11)20-14/h3-4,9H,2,5-8H2,1H3. The summed E-state index contributed by atoms with van der Waals surface area (Å²) in [5, 5.41) is 1.06. The zero-order valence-corrected chi connectivity index (χ0v) is 13.7. The van der Waals surface area contributed by atoms with Crippen molar-refractivity contribution in [1.82, 2.24) is 9.88 Å². The fraction of sp³-hybridized carbons (Fsp3) is 0.429. The van der Waals surface area contributed by atoms with Crippen molar-refractivity contribution in [3.8, 4) is 0 Å². The normalized spacial score (nSPS) is 15.9. The van der Waals surface area contributed by atoms with Crippen LogP contribution in [0.4, 0.5) is 5.13 Å². The summed E-state index contributed by atoms with van der Waals surface area (Å²) < 4.78 is 2.28. The number of carbonyl (C=O) groups excluding carboxylic acids is 1. The van der Waals surface area contributed by atoms with Gasteiger partial charge in [-0.2, -0.15) is 0 Å². The lowest BCUT2D eigenvalue weighted by molar-refractivity contribution is -0.131. The van der Waals surface area contributed by atoms with Gasteiger partial charge in [0.15, 0.2) is 5.13 Å². The van der Waals surface area contributed by atoms with Crippen LogP contribution in [0.25, 0.3) is 10.2 Å². The van der Waals surface area contributed by atoms with E-state index < -0.39 is 0 Å². The van der Waals surface area contributed by atoms with Gasteiger partial charge in [0.1, 0.15) is 0 Å². The Balaban J connectivity index is 1.75. The number of nitrogens with zero attached hydrogens (tertiary/aromatic N) is 3. The molecule has 1 saturated heterocycles. The number of amides is 1. The van der Waals surface area contributed by atoms with E-state index in [1.165, 1.54) is 4.70 Å². The zero-order chi connectivity index (χ0) is 14.1. The van der Waals surface area contributed by atoms with E-state index in [0.29, 0.717) is 6.42 Å². The maximum absolute atomic E-state index is 11.7. The molecular formula is C14H16BrN3OS. The Kier molecular flexibility index (Phi) is 3.94. The average molecular weight is 354 g/mol. The molecule has 0 unspecified atom stereocenters. The van der Waals surface area contributed by atoms with Crippen molar-refractivity contribution in [1.29, 1.82) is 0 Å². The van der Waals surface area contributed by atoms with Crippen LogP contribution in [0.5, 0.6) is 0 Å². The van der Waals surface area contributed by atoms with E-state index in [0.717, 1.165) is 41.3 Å². The second kappa shape index (κ2) is 5.69. The van der Waals surface area contributed by atoms with Gasteiger partial charge >= 0.3 is 0 Å². The molecule has 20 heavy (non-hydrogen) atoms. The monoisotopic (exact) mass is 353 g/mol. The van der Waals surface area contributed by atoms with Gasteiger partial charge in [-0.15, -0.1) is 0 Å². The fourth-order valence-corrected chi connectivity index (χ4v) is 3.96. The number of benzene rings is 1. The predicted molar refractivity (Wildman–Crippen MR) is 86.4 cm³/mol. The van der Waals surface area contributed by atoms with Crippen LogP contribution in [0.15, 0.2) is 22.7 Å². The van der Waals surface area contributed by atoms with Crippen molar-refractivity contribution in [2.24, 2.45) is 0 Å². The maximum Gasteiger partial charge on any atom is 0.222 e. The van der Waals surface area contributed by atoms with Crippen molar-refractivity contribution in [3.63, 3.8) is 0 Å². The highest BCUT2D eigenvalue weighted by molar-refractivity contribution is 9.10. The molecular weight excluding hydrogens is 338 g/mol. The molecule has 0 radical (unpaired) electrons. The lowest BCUT2D eigenvalue weighted by Crippen LogP contribution is -2.48. The molecule has 1 aliphatic rings. The molecule has 1 aliphatic heterocycles. The Bertz CT molecular complexity index is 634. The van der Waals surface area contributed by atoms with Gasteiger partial charge in [0.2, 0.25) is 5.91 Å². The molecule has 0 aliphatic carbocycles. The summed E-state index contributed by atoms with van der Waals surface area (Å²) in [5.74, 6) is 0.248. The molecule has 0 N–H and O–H groups in total. The van der Waals surface area contributed by atoms with Gasteiger partial charge in [-0.25, -0.2) is 4.98 Å². The number of hydrogen-bond donors (Lipinski definition) is 0. The van der Waals surface area contributed by atoms with Crippen LogP contribution >= 0.6 is 27.3 Å². The number of thiazole rings is 1. The number of carbonyl (C=O) groups is 1. The SMILES string of the molecule is CCC(=O)N1CCN(c2nc3ccc(Br)cc3s2)CC1. The number of aromatic nitrogens is 1. The number of halogens is 1. The van der Waals surface area contributed by atoms with E-state index in [9.17, 15) is 4.79 Å². The number of anilines is 1. The van der Waals surface area contributed by atoms with Crippen LogP contribution in [0.3, 0.4) is 0 Å². The fourth-order valence-electron chi connectivity index (χ4n) is 2.39. The molecule has 0 atom stereocenters. The third kappa shape index (κ3) is 2.67. The molecule has 1 amide bonds. The van der Waals surface area contributed by atoms with Crippen LogP contribution in [-0.2, 0) is 4.79 Å². The lowest BCUT2D eigenvalue weighted by Gasteiger charge is -2.34. The van der Waals surface area contributed by atoms with E-state index in [2.05, 4.69) is 31.9 Å². The molecule has 1 fully saturated rings. The summed E-state index contributed by atoms with van der Waals surface area (Å²) in [6.45, 7) is 5.25. The van der Waals surface area contributed by atoms with E-state index >= 15 is 0 Å². The first-order valence-corrected chi connectivity index (χ1v) is 8.37. The van der Waals surface area contributed by atoms with Gasteiger partial charge in [-0.3, -0.25) is 4.79 Å². The topological polar surface area (TPSA) is 36.4 Å². The molecule has 4 nitrogen and oxygen atoms in total. The molecule has 1 aromatic heterocycles. The van der Waals surface area contributed by atoms with Gasteiger partial charge in [0.05, 0.1) is 10.2 Å². The highest BCUT2D eigenvalue weighted by atomic mass is 79.9. The van der Waals surface area contributed by atoms with Gasteiger partial charge < -0.3 is 9.80 Å². The molecule has 0 bridgehead atoms. The number of fused-ring (bicyclic) bond motifs is 1. The molecule has 0 saturated carbocycles. The molecule has 3 rings (SSSR count). The number of hydrogen-bond acceptors (Lipinski definition) is 4. The Morgan fingerprint density at radius 2 is 2.10 bits per heavy atom. The lowest BCUT2D eigenvalue weighted by atomic mass is 10.3. The number of rotatable bonds is 2. The van der Waals surface area contributed by atoms with Crippen LogP contribution in [0, 0.1) is 0 Å². The highest BCUT2D eigenvalue weighted by Gasteiger charge is 2.22. The van der Waals surface area contributed by atoms with Crippen molar-refractivity contribution in [2.75, 3.05) is 31.1 Å². The summed E-state index contributed by atoms with van der Waals surface area (Å²) in [7, 11) is 0. The molecule has 2 aromatic rings. The summed E-state index contributed by atoms with van der Waals surface area (Å²) in [6.07, 6.45) is 0.592. The van der Waals surface area contributed by atoms with Gasteiger partial charge in [-0.1, -0.05) is 34.2 Å².